The highest BCUT2D eigenvalue weighted by atomic mass is 32.1. The van der Waals surface area contributed by atoms with E-state index < -0.39 is 0 Å². The first-order valence-electron chi connectivity index (χ1n) is 8.44. The molecule has 0 radical (unpaired) electrons. The van der Waals surface area contributed by atoms with Gasteiger partial charge in [0.2, 0.25) is 0 Å². The molecular formula is C17H20N6OS. The van der Waals surface area contributed by atoms with Crippen LogP contribution in [0.3, 0.4) is 0 Å². The third-order valence-electron chi connectivity index (χ3n) is 4.51. The van der Waals surface area contributed by atoms with E-state index in [1.54, 1.807) is 39.0 Å². The number of piperidine rings is 1. The minimum atomic E-state index is -0.0612. The molecule has 4 heterocycles. The molecule has 0 aromatic carbocycles. The van der Waals surface area contributed by atoms with Gasteiger partial charge in [-0.25, -0.2) is 14.3 Å². The van der Waals surface area contributed by atoms with E-state index in [4.69, 9.17) is 0 Å². The Bertz CT molecular complexity index is 892. The predicted octanol–water partition coefficient (Wildman–Crippen LogP) is 2.11. The van der Waals surface area contributed by atoms with Crippen LogP contribution in [0.2, 0.25) is 0 Å². The van der Waals surface area contributed by atoms with E-state index in [1.165, 1.54) is 0 Å². The van der Waals surface area contributed by atoms with Gasteiger partial charge in [-0.2, -0.15) is 5.10 Å². The average molecular weight is 356 g/mol. The van der Waals surface area contributed by atoms with Crippen LogP contribution in [0.15, 0.2) is 40.8 Å². The van der Waals surface area contributed by atoms with Crippen LogP contribution in [0.5, 0.6) is 0 Å². The molecule has 1 aliphatic heterocycles. The van der Waals surface area contributed by atoms with Gasteiger partial charge >= 0.3 is 0 Å². The van der Waals surface area contributed by atoms with Gasteiger partial charge in [0.25, 0.3) is 5.56 Å². The Labute approximate surface area is 149 Å². The fourth-order valence-corrected chi connectivity index (χ4v) is 3.99. The number of aryl methyl sites for hydroxylation is 1. The van der Waals surface area contributed by atoms with E-state index in [1.807, 2.05) is 19.2 Å². The summed E-state index contributed by atoms with van der Waals surface area (Å²) in [5.74, 6) is 1.12. The minimum Gasteiger partial charge on any atom is -0.348 e. The smallest absolute Gasteiger partial charge is 0.266 e. The number of rotatable bonds is 4. The Balaban J connectivity index is 1.43. The maximum Gasteiger partial charge on any atom is 0.266 e. The van der Waals surface area contributed by atoms with Crippen LogP contribution in [-0.4, -0.2) is 37.6 Å². The molecule has 3 aromatic heterocycles. The zero-order valence-corrected chi connectivity index (χ0v) is 14.9. The lowest BCUT2D eigenvalue weighted by Crippen LogP contribution is -2.37. The molecule has 0 spiro atoms. The number of thiazole rings is 1. The third-order valence-corrected chi connectivity index (χ3v) is 5.53. The van der Waals surface area contributed by atoms with Crippen molar-refractivity contribution in [2.24, 2.45) is 5.92 Å². The van der Waals surface area contributed by atoms with Gasteiger partial charge in [0.05, 0.1) is 5.69 Å². The first-order valence-corrected chi connectivity index (χ1v) is 9.32. The number of anilines is 1. The second-order valence-corrected chi connectivity index (χ2v) is 7.20. The van der Waals surface area contributed by atoms with Crippen LogP contribution in [0.1, 0.15) is 18.5 Å². The van der Waals surface area contributed by atoms with Crippen molar-refractivity contribution in [2.75, 3.05) is 18.0 Å². The molecule has 1 saturated heterocycles. The van der Waals surface area contributed by atoms with Gasteiger partial charge in [-0.15, -0.1) is 16.4 Å². The summed E-state index contributed by atoms with van der Waals surface area (Å²) in [6, 6.07) is 5.11. The molecule has 0 N–H and O–H groups in total. The fourth-order valence-electron chi connectivity index (χ4n) is 3.13. The molecule has 25 heavy (non-hydrogen) atoms. The van der Waals surface area contributed by atoms with Gasteiger partial charge < -0.3 is 4.90 Å². The van der Waals surface area contributed by atoms with Gasteiger partial charge in [-0.1, -0.05) is 0 Å². The highest BCUT2D eigenvalue weighted by molar-refractivity contribution is 7.13. The Morgan fingerprint density at radius 2 is 2.12 bits per heavy atom. The van der Waals surface area contributed by atoms with Crippen LogP contribution in [-0.2, 0) is 6.54 Å². The average Bonchev–Trinajstić information content (AvgIpc) is 3.29. The Hall–Kier alpha value is -2.48. The molecule has 0 saturated carbocycles. The first-order chi connectivity index (χ1) is 12.2. The lowest BCUT2D eigenvalue weighted by atomic mass is 9.97. The highest BCUT2D eigenvalue weighted by Gasteiger charge is 2.22. The lowest BCUT2D eigenvalue weighted by molar-refractivity contribution is 0.334. The number of nitrogens with zero attached hydrogens (tertiary/aromatic N) is 6. The molecule has 0 bridgehead atoms. The van der Waals surface area contributed by atoms with Gasteiger partial charge in [-0.05, 0) is 37.8 Å². The number of hydrogen-bond acceptors (Lipinski definition) is 6. The van der Waals surface area contributed by atoms with E-state index in [9.17, 15) is 4.79 Å². The molecule has 4 rings (SSSR count). The Morgan fingerprint density at radius 3 is 2.80 bits per heavy atom. The zero-order chi connectivity index (χ0) is 17.2. The van der Waals surface area contributed by atoms with Crippen LogP contribution in [0.25, 0.3) is 5.82 Å². The normalized spacial score (nSPS) is 15.6. The van der Waals surface area contributed by atoms with Gasteiger partial charge in [0, 0.05) is 43.5 Å². The number of hydrogen-bond donors (Lipinski definition) is 0. The molecule has 1 fully saturated rings. The fraction of sp³-hybridized carbons (Fsp3) is 0.412. The summed E-state index contributed by atoms with van der Waals surface area (Å²) in [4.78, 5) is 19.1. The van der Waals surface area contributed by atoms with Crippen LogP contribution >= 0.6 is 11.3 Å². The van der Waals surface area contributed by atoms with Crippen molar-refractivity contribution in [3.8, 4) is 5.82 Å². The second kappa shape index (κ2) is 6.79. The van der Waals surface area contributed by atoms with Gasteiger partial charge in [0.15, 0.2) is 10.9 Å². The van der Waals surface area contributed by atoms with Crippen molar-refractivity contribution in [1.82, 2.24) is 24.5 Å². The minimum absolute atomic E-state index is 0.0612. The van der Waals surface area contributed by atoms with Crippen molar-refractivity contribution in [3.05, 3.63) is 52.0 Å². The van der Waals surface area contributed by atoms with Crippen molar-refractivity contribution in [2.45, 2.75) is 26.3 Å². The molecular weight excluding hydrogens is 336 g/mol. The molecule has 0 atom stereocenters. The van der Waals surface area contributed by atoms with Gasteiger partial charge in [-0.3, -0.25) is 4.79 Å². The van der Waals surface area contributed by atoms with E-state index in [2.05, 4.69) is 25.5 Å². The van der Waals surface area contributed by atoms with Crippen LogP contribution in [0.4, 0.5) is 5.13 Å². The highest BCUT2D eigenvalue weighted by Crippen LogP contribution is 2.26. The molecule has 0 amide bonds. The molecule has 3 aromatic rings. The van der Waals surface area contributed by atoms with Crippen LogP contribution in [0, 0.1) is 12.8 Å². The molecule has 0 unspecified atom stereocenters. The van der Waals surface area contributed by atoms with Crippen LogP contribution < -0.4 is 10.5 Å². The standard InChI is InChI=1S/C17H20N6OS/c1-13-12-25-17(19-13)21-9-5-14(6-10-21)11-23-16(24)4-3-15(20-23)22-8-2-7-18-22/h2-4,7-8,12,14H,5-6,9-11H2,1H3. The number of aromatic nitrogens is 5. The molecule has 1 aliphatic rings. The summed E-state index contributed by atoms with van der Waals surface area (Å²) < 4.78 is 3.24. The zero-order valence-electron chi connectivity index (χ0n) is 14.1. The topological polar surface area (TPSA) is 68.8 Å². The van der Waals surface area contributed by atoms with Crippen molar-refractivity contribution < 1.29 is 0 Å². The van der Waals surface area contributed by atoms with E-state index >= 15 is 0 Å². The molecule has 7 nitrogen and oxygen atoms in total. The quantitative estimate of drug-likeness (QED) is 0.716. The maximum absolute atomic E-state index is 12.2. The van der Waals surface area contributed by atoms with E-state index in [-0.39, 0.29) is 5.56 Å². The molecule has 130 valence electrons. The van der Waals surface area contributed by atoms with E-state index in [0.29, 0.717) is 18.3 Å². The predicted molar refractivity (Wildman–Crippen MR) is 97.4 cm³/mol. The third kappa shape index (κ3) is 3.48. The SMILES string of the molecule is Cc1csc(N2CCC(Cn3nc(-n4cccn4)ccc3=O)CC2)n1. The van der Waals surface area contributed by atoms with E-state index in [0.717, 1.165) is 36.8 Å². The monoisotopic (exact) mass is 356 g/mol. The molecule has 0 aliphatic carbocycles. The van der Waals surface area contributed by atoms with Crippen molar-refractivity contribution in [1.29, 1.82) is 0 Å². The maximum atomic E-state index is 12.2. The summed E-state index contributed by atoms with van der Waals surface area (Å²) >= 11 is 1.70. The second-order valence-electron chi connectivity index (χ2n) is 6.36. The summed E-state index contributed by atoms with van der Waals surface area (Å²) in [5.41, 5.74) is 1.02. The van der Waals surface area contributed by atoms with Crippen molar-refractivity contribution >= 4 is 16.5 Å². The lowest BCUT2D eigenvalue weighted by Gasteiger charge is -2.31. The van der Waals surface area contributed by atoms with Crippen molar-refractivity contribution in [3.63, 3.8) is 0 Å². The Kier molecular flexibility index (Phi) is 4.35. The summed E-state index contributed by atoms with van der Waals surface area (Å²) in [6.07, 6.45) is 5.61. The molecule has 8 heteroatoms. The largest absolute Gasteiger partial charge is 0.348 e. The summed E-state index contributed by atoms with van der Waals surface area (Å²) in [5, 5.41) is 11.8. The summed E-state index contributed by atoms with van der Waals surface area (Å²) in [6.45, 7) is 4.63. The Morgan fingerprint density at radius 1 is 1.28 bits per heavy atom. The first kappa shape index (κ1) is 16.0. The summed E-state index contributed by atoms with van der Waals surface area (Å²) in [7, 11) is 0. The van der Waals surface area contributed by atoms with Gasteiger partial charge in [0.1, 0.15) is 0 Å².